The number of nitrogens with one attached hydrogen (secondary N) is 1. The lowest BCUT2D eigenvalue weighted by Crippen LogP contribution is -2.46. The molecule has 1 N–H and O–H groups in total. The molecule has 3 rings (SSSR count). The third-order valence-corrected chi connectivity index (χ3v) is 3.97. The smallest absolute Gasteiger partial charge is 0.0897 e. The summed E-state index contributed by atoms with van der Waals surface area (Å²) >= 11 is 0. The Morgan fingerprint density at radius 2 is 2.14 bits per heavy atom. The number of ether oxygens (including phenoxy) is 1. The van der Waals surface area contributed by atoms with Crippen LogP contribution >= 0.6 is 0 Å². The van der Waals surface area contributed by atoms with Crippen LogP contribution < -0.4 is 5.32 Å². The van der Waals surface area contributed by atoms with E-state index in [2.05, 4.69) is 40.7 Å². The summed E-state index contributed by atoms with van der Waals surface area (Å²) in [7, 11) is 4.11. The number of benzene rings is 1. The van der Waals surface area contributed by atoms with E-state index in [4.69, 9.17) is 4.74 Å². The SMILES string of the molecule is CNCC1OCCN(C)C1c1cnn(-c2ccccc2)c1. The first-order valence-electron chi connectivity index (χ1n) is 7.36. The lowest BCUT2D eigenvalue weighted by atomic mass is 10.0. The number of para-hydroxylation sites is 1. The lowest BCUT2D eigenvalue weighted by Gasteiger charge is -2.38. The van der Waals surface area contributed by atoms with Gasteiger partial charge in [0.2, 0.25) is 0 Å². The number of aromatic nitrogens is 2. The molecular formula is C16H22N4O. The molecule has 2 heterocycles. The van der Waals surface area contributed by atoms with Crippen molar-refractivity contribution in [3.05, 3.63) is 48.3 Å². The molecule has 0 bridgehead atoms. The minimum Gasteiger partial charge on any atom is -0.374 e. The minimum absolute atomic E-state index is 0.155. The Morgan fingerprint density at radius 3 is 2.90 bits per heavy atom. The Balaban J connectivity index is 1.86. The molecule has 1 aromatic heterocycles. The highest BCUT2D eigenvalue weighted by Crippen LogP contribution is 2.28. The van der Waals surface area contributed by atoms with Crippen molar-refractivity contribution in [1.82, 2.24) is 20.0 Å². The maximum Gasteiger partial charge on any atom is 0.0897 e. The first kappa shape index (κ1) is 14.3. The zero-order valence-electron chi connectivity index (χ0n) is 12.6. The van der Waals surface area contributed by atoms with E-state index in [0.717, 1.165) is 25.4 Å². The van der Waals surface area contributed by atoms with Crippen LogP contribution in [0.1, 0.15) is 11.6 Å². The topological polar surface area (TPSA) is 42.3 Å². The molecule has 5 heteroatoms. The Morgan fingerprint density at radius 1 is 1.33 bits per heavy atom. The lowest BCUT2D eigenvalue weighted by molar-refractivity contribution is -0.0606. The average Bonchev–Trinajstić information content (AvgIpc) is 2.98. The van der Waals surface area contributed by atoms with E-state index in [1.807, 2.05) is 36.1 Å². The molecule has 0 amide bonds. The molecule has 21 heavy (non-hydrogen) atoms. The molecule has 0 radical (unpaired) electrons. The van der Waals surface area contributed by atoms with Crippen molar-refractivity contribution < 1.29 is 4.74 Å². The van der Waals surface area contributed by atoms with Gasteiger partial charge in [-0.2, -0.15) is 5.10 Å². The summed E-state index contributed by atoms with van der Waals surface area (Å²) in [5, 5.41) is 7.72. The summed E-state index contributed by atoms with van der Waals surface area (Å²) < 4.78 is 7.85. The Labute approximate surface area is 125 Å². The molecule has 0 spiro atoms. The van der Waals surface area contributed by atoms with Crippen molar-refractivity contribution in [2.45, 2.75) is 12.1 Å². The standard InChI is InChI=1S/C16H22N4O/c1-17-11-15-16(19(2)8-9-21-15)13-10-18-20(12-13)14-6-4-3-5-7-14/h3-7,10,12,15-17H,8-9,11H2,1-2H3. The highest BCUT2D eigenvalue weighted by Gasteiger charge is 2.31. The van der Waals surface area contributed by atoms with Gasteiger partial charge in [-0.15, -0.1) is 0 Å². The molecule has 0 saturated carbocycles. The van der Waals surface area contributed by atoms with Gasteiger partial charge in [0.1, 0.15) is 0 Å². The van der Waals surface area contributed by atoms with Gasteiger partial charge in [-0.25, -0.2) is 4.68 Å². The van der Waals surface area contributed by atoms with Gasteiger partial charge in [0.05, 0.1) is 30.6 Å². The molecule has 1 aromatic carbocycles. The van der Waals surface area contributed by atoms with Crippen LogP contribution in [0.25, 0.3) is 5.69 Å². The number of rotatable bonds is 4. The molecule has 2 aromatic rings. The summed E-state index contributed by atoms with van der Waals surface area (Å²) in [5.41, 5.74) is 2.27. The zero-order chi connectivity index (χ0) is 14.7. The Hall–Kier alpha value is -1.69. The van der Waals surface area contributed by atoms with Crippen molar-refractivity contribution in [3.8, 4) is 5.69 Å². The fraction of sp³-hybridized carbons (Fsp3) is 0.438. The second-order valence-electron chi connectivity index (χ2n) is 5.45. The predicted molar refractivity (Wildman–Crippen MR) is 82.6 cm³/mol. The van der Waals surface area contributed by atoms with Gasteiger partial charge >= 0.3 is 0 Å². The summed E-state index contributed by atoms with van der Waals surface area (Å²) in [6.45, 7) is 2.57. The Bertz CT molecular complexity index is 567. The van der Waals surface area contributed by atoms with Crippen LogP contribution in [0.4, 0.5) is 0 Å². The third-order valence-electron chi connectivity index (χ3n) is 3.97. The third kappa shape index (κ3) is 3.00. The maximum absolute atomic E-state index is 5.93. The quantitative estimate of drug-likeness (QED) is 0.924. The van der Waals surface area contributed by atoms with Gasteiger partial charge in [-0.1, -0.05) is 18.2 Å². The fourth-order valence-corrected chi connectivity index (χ4v) is 2.91. The monoisotopic (exact) mass is 286 g/mol. The molecule has 1 aliphatic rings. The van der Waals surface area contributed by atoms with Crippen molar-refractivity contribution in [1.29, 1.82) is 0 Å². The van der Waals surface area contributed by atoms with Crippen molar-refractivity contribution in [2.24, 2.45) is 0 Å². The van der Waals surface area contributed by atoms with Crippen LogP contribution in [0.15, 0.2) is 42.7 Å². The van der Waals surface area contributed by atoms with Gasteiger partial charge in [0.15, 0.2) is 0 Å². The van der Waals surface area contributed by atoms with Crippen molar-refractivity contribution in [2.75, 3.05) is 33.8 Å². The number of morpholine rings is 1. The predicted octanol–water partition coefficient (Wildman–Crippen LogP) is 1.46. The van der Waals surface area contributed by atoms with E-state index in [9.17, 15) is 0 Å². The molecule has 1 fully saturated rings. The van der Waals surface area contributed by atoms with E-state index >= 15 is 0 Å². The summed E-state index contributed by atoms with van der Waals surface area (Å²) in [5.74, 6) is 0. The van der Waals surface area contributed by atoms with Gasteiger partial charge < -0.3 is 10.1 Å². The van der Waals surface area contributed by atoms with E-state index in [1.54, 1.807) is 0 Å². The highest BCUT2D eigenvalue weighted by molar-refractivity contribution is 5.31. The first-order valence-corrected chi connectivity index (χ1v) is 7.36. The van der Waals surface area contributed by atoms with Gasteiger partial charge in [-0.3, -0.25) is 4.90 Å². The number of hydrogen-bond acceptors (Lipinski definition) is 4. The van der Waals surface area contributed by atoms with E-state index < -0.39 is 0 Å². The molecule has 1 aliphatic heterocycles. The number of likely N-dealkylation sites (N-methyl/N-ethyl adjacent to an activating group) is 2. The molecule has 5 nitrogen and oxygen atoms in total. The normalized spacial score (nSPS) is 23.3. The van der Waals surface area contributed by atoms with Gasteiger partial charge in [0, 0.05) is 24.8 Å². The van der Waals surface area contributed by atoms with Crippen LogP contribution in [0.5, 0.6) is 0 Å². The largest absolute Gasteiger partial charge is 0.374 e. The molecular weight excluding hydrogens is 264 g/mol. The summed E-state index contributed by atoms with van der Waals surface area (Å²) in [4.78, 5) is 2.35. The fourth-order valence-electron chi connectivity index (χ4n) is 2.91. The van der Waals surface area contributed by atoms with Crippen LogP contribution in [0, 0.1) is 0 Å². The second kappa shape index (κ2) is 6.39. The number of hydrogen-bond donors (Lipinski definition) is 1. The van der Waals surface area contributed by atoms with Crippen LogP contribution in [-0.4, -0.2) is 54.6 Å². The molecule has 1 saturated heterocycles. The van der Waals surface area contributed by atoms with Crippen molar-refractivity contribution >= 4 is 0 Å². The van der Waals surface area contributed by atoms with Crippen molar-refractivity contribution in [3.63, 3.8) is 0 Å². The van der Waals surface area contributed by atoms with E-state index in [1.165, 1.54) is 5.56 Å². The minimum atomic E-state index is 0.155. The highest BCUT2D eigenvalue weighted by atomic mass is 16.5. The van der Waals surface area contributed by atoms with E-state index in [0.29, 0.717) is 0 Å². The summed E-state index contributed by atoms with van der Waals surface area (Å²) in [6, 6.07) is 10.4. The molecule has 0 aliphatic carbocycles. The van der Waals surface area contributed by atoms with E-state index in [-0.39, 0.29) is 12.1 Å². The van der Waals surface area contributed by atoms with Crippen LogP contribution in [-0.2, 0) is 4.74 Å². The average molecular weight is 286 g/mol. The summed E-state index contributed by atoms with van der Waals surface area (Å²) in [6.07, 6.45) is 4.21. The molecule has 112 valence electrons. The van der Waals surface area contributed by atoms with Gasteiger partial charge in [0.25, 0.3) is 0 Å². The van der Waals surface area contributed by atoms with Crippen LogP contribution in [0.3, 0.4) is 0 Å². The number of nitrogens with zero attached hydrogens (tertiary/aromatic N) is 3. The van der Waals surface area contributed by atoms with Gasteiger partial charge in [-0.05, 0) is 26.2 Å². The maximum atomic E-state index is 5.93. The Kier molecular flexibility index (Phi) is 4.34. The first-order chi connectivity index (χ1) is 10.3. The zero-order valence-corrected chi connectivity index (χ0v) is 12.6. The second-order valence-corrected chi connectivity index (χ2v) is 5.45. The molecule has 2 unspecified atom stereocenters. The van der Waals surface area contributed by atoms with Crippen LogP contribution in [0.2, 0.25) is 0 Å². The molecule has 2 atom stereocenters.